The number of hydrogen-bond acceptors (Lipinski definition) is 6. The van der Waals surface area contributed by atoms with Crippen molar-refractivity contribution < 1.29 is 29.3 Å². The number of β-amino-alcohol motifs (C(OH)–C–C–N with tert-alkyl or cyclic N) is 1. The Morgan fingerprint density at radius 3 is 2.74 bits per heavy atom. The van der Waals surface area contributed by atoms with Crippen LogP contribution in [-0.2, 0) is 4.79 Å². The molecule has 1 amide bonds. The second-order valence-electron chi connectivity index (χ2n) is 5.22. The normalized spacial score (nSPS) is 18.2. The van der Waals surface area contributed by atoms with Crippen molar-refractivity contribution in [3.8, 4) is 11.5 Å². The van der Waals surface area contributed by atoms with E-state index in [9.17, 15) is 14.7 Å². The molecule has 23 heavy (non-hydrogen) atoms. The minimum Gasteiger partial charge on any atom is -0.490 e. The highest BCUT2D eigenvalue weighted by molar-refractivity contribution is 6.01. The molecule has 126 valence electrons. The molecule has 0 aromatic heterocycles. The van der Waals surface area contributed by atoms with Crippen molar-refractivity contribution in [1.29, 1.82) is 0 Å². The Balaban J connectivity index is 2.54. The third-order valence-corrected chi connectivity index (χ3v) is 3.56. The predicted molar refractivity (Wildman–Crippen MR) is 83.2 cm³/mol. The molecule has 0 spiro atoms. The Morgan fingerprint density at radius 2 is 2.17 bits per heavy atom. The van der Waals surface area contributed by atoms with Gasteiger partial charge in [0.1, 0.15) is 6.29 Å². The van der Waals surface area contributed by atoms with E-state index in [2.05, 4.69) is 0 Å². The molecule has 1 aliphatic rings. The Morgan fingerprint density at radius 1 is 1.43 bits per heavy atom. The molecular formula is C16H21NO6. The largest absolute Gasteiger partial charge is 0.490 e. The summed E-state index contributed by atoms with van der Waals surface area (Å²) in [4.78, 5) is 25.0. The molecule has 0 saturated heterocycles. The molecule has 0 saturated carbocycles. The SMILES string of the molecule is CCOc1cc(C=O)cc2c1OC(CC)C(=O)N2CC(O)CO. The van der Waals surface area contributed by atoms with Gasteiger partial charge in [-0.2, -0.15) is 0 Å². The van der Waals surface area contributed by atoms with Crippen molar-refractivity contribution >= 4 is 17.9 Å². The van der Waals surface area contributed by atoms with Gasteiger partial charge in [0.2, 0.25) is 0 Å². The van der Waals surface area contributed by atoms with Crippen molar-refractivity contribution in [3.05, 3.63) is 17.7 Å². The number of amides is 1. The van der Waals surface area contributed by atoms with E-state index in [4.69, 9.17) is 14.6 Å². The van der Waals surface area contributed by atoms with Crippen LogP contribution in [0, 0.1) is 0 Å². The minimum atomic E-state index is -1.09. The van der Waals surface area contributed by atoms with Crippen molar-refractivity contribution in [1.82, 2.24) is 0 Å². The molecule has 7 nitrogen and oxygen atoms in total. The van der Waals surface area contributed by atoms with Crippen molar-refractivity contribution in [2.45, 2.75) is 32.5 Å². The molecule has 2 atom stereocenters. The van der Waals surface area contributed by atoms with Gasteiger partial charge in [-0.15, -0.1) is 0 Å². The van der Waals surface area contributed by atoms with Crippen molar-refractivity contribution in [2.24, 2.45) is 0 Å². The Hall–Kier alpha value is -2.12. The van der Waals surface area contributed by atoms with Crippen LogP contribution in [0.4, 0.5) is 5.69 Å². The van der Waals surface area contributed by atoms with Gasteiger partial charge in [0.25, 0.3) is 5.91 Å². The molecular weight excluding hydrogens is 302 g/mol. The standard InChI is InChI=1S/C16H21NO6/c1-3-13-16(21)17(7-11(20)9-19)12-5-10(8-18)6-14(22-4-2)15(12)23-13/h5-6,8,11,13,19-20H,3-4,7,9H2,1-2H3. The lowest BCUT2D eigenvalue weighted by molar-refractivity contribution is -0.127. The van der Waals surface area contributed by atoms with Crippen LogP contribution in [0.15, 0.2) is 12.1 Å². The number of aldehydes is 1. The number of rotatable bonds is 7. The van der Waals surface area contributed by atoms with Gasteiger partial charge in [-0.25, -0.2) is 0 Å². The molecule has 0 aliphatic carbocycles. The number of nitrogens with zero attached hydrogens (tertiary/aromatic N) is 1. The number of aliphatic hydroxyl groups is 2. The molecule has 1 aliphatic heterocycles. The van der Waals surface area contributed by atoms with Crippen LogP contribution in [-0.4, -0.2) is 54.4 Å². The van der Waals surface area contributed by atoms with E-state index in [1.54, 1.807) is 13.0 Å². The fourth-order valence-electron chi connectivity index (χ4n) is 2.46. The van der Waals surface area contributed by atoms with Crippen LogP contribution in [0.5, 0.6) is 11.5 Å². The van der Waals surface area contributed by atoms with Gasteiger partial charge in [-0.1, -0.05) is 6.92 Å². The maximum absolute atomic E-state index is 12.5. The number of aliphatic hydroxyl groups excluding tert-OH is 2. The summed E-state index contributed by atoms with van der Waals surface area (Å²) in [6.45, 7) is 3.44. The molecule has 2 N–H and O–H groups in total. The van der Waals surface area contributed by atoms with E-state index in [0.29, 0.717) is 42.1 Å². The molecule has 1 aromatic rings. The zero-order valence-corrected chi connectivity index (χ0v) is 13.2. The zero-order chi connectivity index (χ0) is 17.0. The van der Waals surface area contributed by atoms with Gasteiger partial charge in [0.15, 0.2) is 17.6 Å². The van der Waals surface area contributed by atoms with Crippen LogP contribution in [0.2, 0.25) is 0 Å². The maximum atomic E-state index is 12.5. The highest BCUT2D eigenvalue weighted by atomic mass is 16.5. The van der Waals surface area contributed by atoms with Crippen LogP contribution in [0.25, 0.3) is 0 Å². The number of anilines is 1. The first-order valence-electron chi connectivity index (χ1n) is 7.58. The second kappa shape index (κ2) is 7.43. The molecule has 1 aromatic carbocycles. The lowest BCUT2D eigenvalue weighted by Crippen LogP contribution is -2.49. The van der Waals surface area contributed by atoms with Crippen LogP contribution in [0.1, 0.15) is 30.6 Å². The van der Waals surface area contributed by atoms with E-state index in [0.717, 1.165) is 0 Å². The quantitative estimate of drug-likeness (QED) is 0.719. The first-order chi connectivity index (χ1) is 11.0. The zero-order valence-electron chi connectivity index (χ0n) is 13.2. The summed E-state index contributed by atoms with van der Waals surface area (Å²) in [5.74, 6) is 0.425. The number of ether oxygens (including phenoxy) is 2. The molecule has 7 heteroatoms. The summed E-state index contributed by atoms with van der Waals surface area (Å²) in [5.41, 5.74) is 0.697. The number of benzene rings is 1. The van der Waals surface area contributed by atoms with Gasteiger partial charge < -0.3 is 24.6 Å². The molecule has 2 unspecified atom stereocenters. The summed E-state index contributed by atoms with van der Waals surface area (Å²) < 4.78 is 11.3. The summed E-state index contributed by atoms with van der Waals surface area (Å²) >= 11 is 0. The van der Waals surface area contributed by atoms with E-state index in [-0.39, 0.29) is 12.5 Å². The van der Waals surface area contributed by atoms with E-state index in [1.807, 2.05) is 6.92 Å². The molecule has 0 radical (unpaired) electrons. The third kappa shape index (κ3) is 3.46. The smallest absolute Gasteiger partial charge is 0.268 e. The molecule has 2 rings (SSSR count). The Kier molecular flexibility index (Phi) is 5.57. The number of fused-ring (bicyclic) bond motifs is 1. The maximum Gasteiger partial charge on any atom is 0.268 e. The summed E-state index contributed by atoms with van der Waals surface area (Å²) in [6.07, 6.45) is -0.683. The molecule has 1 heterocycles. The van der Waals surface area contributed by atoms with Gasteiger partial charge in [-0.05, 0) is 25.5 Å². The second-order valence-corrected chi connectivity index (χ2v) is 5.22. The molecule has 0 bridgehead atoms. The Labute approximate surface area is 134 Å². The number of carbonyl (C=O) groups excluding carboxylic acids is 2. The third-order valence-electron chi connectivity index (χ3n) is 3.56. The first kappa shape index (κ1) is 17.2. The van der Waals surface area contributed by atoms with Crippen LogP contribution >= 0.6 is 0 Å². The summed E-state index contributed by atoms with van der Waals surface area (Å²) in [6, 6.07) is 3.07. The van der Waals surface area contributed by atoms with E-state index in [1.165, 1.54) is 11.0 Å². The highest BCUT2D eigenvalue weighted by Crippen LogP contribution is 2.43. The monoisotopic (exact) mass is 323 g/mol. The number of hydrogen-bond donors (Lipinski definition) is 2. The average molecular weight is 323 g/mol. The predicted octanol–water partition coefficient (Wildman–Crippen LogP) is 0.755. The van der Waals surface area contributed by atoms with Gasteiger partial charge in [0.05, 0.1) is 31.5 Å². The summed E-state index contributed by atoms with van der Waals surface area (Å²) in [5, 5.41) is 18.8. The van der Waals surface area contributed by atoms with Gasteiger partial charge in [0, 0.05) is 5.56 Å². The fourth-order valence-corrected chi connectivity index (χ4v) is 2.46. The van der Waals surface area contributed by atoms with Crippen molar-refractivity contribution in [3.63, 3.8) is 0 Å². The topological polar surface area (TPSA) is 96.3 Å². The highest BCUT2D eigenvalue weighted by Gasteiger charge is 2.36. The van der Waals surface area contributed by atoms with Crippen molar-refractivity contribution in [2.75, 3.05) is 24.7 Å². The van der Waals surface area contributed by atoms with Gasteiger partial charge >= 0.3 is 0 Å². The first-order valence-corrected chi connectivity index (χ1v) is 7.58. The van der Waals surface area contributed by atoms with Gasteiger partial charge in [-0.3, -0.25) is 9.59 Å². The Bertz CT molecular complexity index is 588. The van der Waals surface area contributed by atoms with Crippen LogP contribution < -0.4 is 14.4 Å². The van der Waals surface area contributed by atoms with E-state index >= 15 is 0 Å². The van der Waals surface area contributed by atoms with E-state index < -0.39 is 18.8 Å². The average Bonchev–Trinajstić information content (AvgIpc) is 2.57. The fraction of sp³-hybridized carbons (Fsp3) is 0.500. The molecule has 0 fully saturated rings. The lowest BCUT2D eigenvalue weighted by atomic mass is 10.1. The van der Waals surface area contributed by atoms with Crippen LogP contribution in [0.3, 0.4) is 0 Å². The summed E-state index contributed by atoms with van der Waals surface area (Å²) in [7, 11) is 0. The lowest BCUT2D eigenvalue weighted by Gasteiger charge is -2.35. The number of carbonyl (C=O) groups is 2. The minimum absolute atomic E-state index is 0.0872.